The smallest absolute Gasteiger partial charge is 0.160 e. The number of nitrogens with zero attached hydrogens (tertiary/aromatic N) is 3. The second kappa shape index (κ2) is 11.9. The fourth-order valence-electron chi connectivity index (χ4n) is 7.55. The van der Waals surface area contributed by atoms with Crippen molar-refractivity contribution >= 4 is 43.4 Å². The molecule has 0 spiro atoms. The molecule has 0 bridgehead atoms. The summed E-state index contributed by atoms with van der Waals surface area (Å²) in [6.07, 6.45) is 0. The minimum absolute atomic E-state index is 0.709. The standard InChI is InChI=1S/C48H31N3/c1-3-14-35(15-4-1)42-31-43(36-16-5-2-6-17-36)50-48(49-42)37-24-22-32(23-25-37)38-18-11-19-39(30-38)51-44-28-26-33-12-7-9-20-40(33)46(44)47-41-21-10-8-13-34(41)27-29-45(47)51/h1-31H. The Morgan fingerprint density at radius 1 is 0.333 bits per heavy atom. The molecule has 10 rings (SSSR count). The molecule has 10 aromatic rings. The van der Waals surface area contributed by atoms with Crippen molar-refractivity contribution in [3.05, 3.63) is 188 Å². The van der Waals surface area contributed by atoms with E-state index in [4.69, 9.17) is 9.97 Å². The van der Waals surface area contributed by atoms with Crippen LogP contribution in [0.1, 0.15) is 0 Å². The van der Waals surface area contributed by atoms with Gasteiger partial charge in [0, 0.05) is 33.2 Å². The molecule has 8 aromatic carbocycles. The highest BCUT2D eigenvalue weighted by Gasteiger charge is 2.18. The molecule has 0 aliphatic heterocycles. The van der Waals surface area contributed by atoms with Gasteiger partial charge in [0.1, 0.15) is 0 Å². The van der Waals surface area contributed by atoms with Gasteiger partial charge in [-0.3, -0.25) is 0 Å². The minimum Gasteiger partial charge on any atom is -0.309 e. The van der Waals surface area contributed by atoms with Gasteiger partial charge in [-0.2, -0.15) is 0 Å². The number of fused-ring (bicyclic) bond motifs is 7. The molecule has 0 unspecified atom stereocenters. The van der Waals surface area contributed by atoms with Crippen LogP contribution in [-0.2, 0) is 0 Å². The van der Waals surface area contributed by atoms with Gasteiger partial charge < -0.3 is 4.57 Å². The maximum absolute atomic E-state index is 5.04. The molecule has 0 saturated carbocycles. The number of hydrogen-bond acceptors (Lipinski definition) is 2. The van der Waals surface area contributed by atoms with Crippen LogP contribution in [-0.4, -0.2) is 14.5 Å². The van der Waals surface area contributed by atoms with E-state index in [2.05, 4.69) is 156 Å². The first-order valence-electron chi connectivity index (χ1n) is 17.3. The van der Waals surface area contributed by atoms with Crippen LogP contribution in [0.15, 0.2) is 188 Å². The van der Waals surface area contributed by atoms with E-state index < -0.39 is 0 Å². The van der Waals surface area contributed by atoms with Gasteiger partial charge >= 0.3 is 0 Å². The van der Waals surface area contributed by atoms with Crippen LogP contribution < -0.4 is 0 Å². The first kappa shape index (κ1) is 29.1. The summed E-state index contributed by atoms with van der Waals surface area (Å²) >= 11 is 0. The molecule has 0 amide bonds. The Labute approximate surface area is 295 Å². The van der Waals surface area contributed by atoms with Gasteiger partial charge in [-0.1, -0.05) is 158 Å². The van der Waals surface area contributed by atoms with E-state index >= 15 is 0 Å². The number of aromatic nitrogens is 3. The van der Waals surface area contributed by atoms with Crippen molar-refractivity contribution in [2.45, 2.75) is 0 Å². The molecular weight excluding hydrogens is 619 g/mol. The molecule has 0 fully saturated rings. The first-order chi connectivity index (χ1) is 25.3. The molecule has 2 heterocycles. The van der Waals surface area contributed by atoms with Crippen molar-refractivity contribution in [3.63, 3.8) is 0 Å². The van der Waals surface area contributed by atoms with E-state index in [-0.39, 0.29) is 0 Å². The Kier molecular flexibility index (Phi) is 6.81. The quantitative estimate of drug-likeness (QED) is 0.186. The lowest BCUT2D eigenvalue weighted by molar-refractivity contribution is 1.18. The SMILES string of the molecule is c1ccc(-c2cc(-c3ccccc3)nc(-c3ccc(-c4cccc(-n5c6ccc7ccccc7c6c6c7ccccc7ccc65)c4)cc3)n2)cc1. The Morgan fingerprint density at radius 2 is 0.824 bits per heavy atom. The summed E-state index contributed by atoms with van der Waals surface area (Å²) in [7, 11) is 0. The maximum atomic E-state index is 5.04. The number of hydrogen-bond donors (Lipinski definition) is 0. The van der Waals surface area contributed by atoms with Crippen LogP contribution in [0.3, 0.4) is 0 Å². The molecule has 0 saturated heterocycles. The second-order valence-electron chi connectivity index (χ2n) is 13.0. The summed E-state index contributed by atoms with van der Waals surface area (Å²) in [5, 5.41) is 7.64. The lowest BCUT2D eigenvalue weighted by atomic mass is 10.00. The fraction of sp³-hybridized carbons (Fsp3) is 0. The predicted molar refractivity (Wildman–Crippen MR) is 213 cm³/mol. The molecule has 0 N–H and O–H groups in total. The van der Waals surface area contributed by atoms with E-state index in [9.17, 15) is 0 Å². The molecule has 3 heteroatoms. The molecular formula is C48H31N3. The second-order valence-corrected chi connectivity index (χ2v) is 13.0. The van der Waals surface area contributed by atoms with Gasteiger partial charge in [0.25, 0.3) is 0 Å². The van der Waals surface area contributed by atoms with Crippen molar-refractivity contribution in [2.24, 2.45) is 0 Å². The molecule has 3 nitrogen and oxygen atoms in total. The Balaban J connectivity index is 1.09. The van der Waals surface area contributed by atoms with Crippen LogP contribution in [0.25, 0.3) is 94.1 Å². The zero-order valence-electron chi connectivity index (χ0n) is 27.7. The van der Waals surface area contributed by atoms with Crippen molar-refractivity contribution in [3.8, 4) is 50.7 Å². The van der Waals surface area contributed by atoms with Gasteiger partial charge in [0.05, 0.1) is 22.4 Å². The van der Waals surface area contributed by atoms with Gasteiger partial charge in [0.2, 0.25) is 0 Å². The summed E-state index contributed by atoms with van der Waals surface area (Å²) in [5.41, 5.74) is 10.8. The van der Waals surface area contributed by atoms with Crippen LogP contribution in [0, 0.1) is 0 Å². The lowest BCUT2D eigenvalue weighted by Gasteiger charge is -2.12. The first-order valence-corrected chi connectivity index (χ1v) is 17.3. The van der Waals surface area contributed by atoms with Gasteiger partial charge in [0.15, 0.2) is 5.82 Å². The third kappa shape index (κ3) is 4.98. The summed E-state index contributed by atoms with van der Waals surface area (Å²) < 4.78 is 2.43. The van der Waals surface area contributed by atoms with E-state index in [1.54, 1.807) is 0 Å². The van der Waals surface area contributed by atoms with Gasteiger partial charge in [-0.25, -0.2) is 9.97 Å². The van der Waals surface area contributed by atoms with E-state index in [0.29, 0.717) is 5.82 Å². The monoisotopic (exact) mass is 649 g/mol. The highest BCUT2D eigenvalue weighted by molar-refractivity contribution is 6.28. The highest BCUT2D eigenvalue weighted by atomic mass is 15.0. The molecule has 0 aliphatic rings. The minimum atomic E-state index is 0.709. The Bertz CT molecular complexity index is 2740. The zero-order valence-corrected chi connectivity index (χ0v) is 27.7. The summed E-state index contributed by atoms with van der Waals surface area (Å²) in [6, 6.07) is 66.7. The molecule has 0 atom stereocenters. The van der Waals surface area contributed by atoms with Crippen molar-refractivity contribution in [2.75, 3.05) is 0 Å². The average Bonchev–Trinajstić information content (AvgIpc) is 3.57. The summed E-state index contributed by atoms with van der Waals surface area (Å²) in [5.74, 6) is 0.709. The number of rotatable bonds is 5. The zero-order chi connectivity index (χ0) is 33.7. The van der Waals surface area contributed by atoms with Crippen molar-refractivity contribution in [1.29, 1.82) is 0 Å². The molecule has 0 radical (unpaired) electrons. The largest absolute Gasteiger partial charge is 0.309 e. The average molecular weight is 650 g/mol. The van der Waals surface area contributed by atoms with Gasteiger partial charge in [-0.15, -0.1) is 0 Å². The Morgan fingerprint density at radius 3 is 1.39 bits per heavy atom. The molecule has 51 heavy (non-hydrogen) atoms. The summed E-state index contributed by atoms with van der Waals surface area (Å²) in [6.45, 7) is 0. The van der Waals surface area contributed by atoms with Crippen molar-refractivity contribution in [1.82, 2.24) is 14.5 Å². The fourth-order valence-corrected chi connectivity index (χ4v) is 7.55. The van der Waals surface area contributed by atoms with E-state index in [1.807, 2.05) is 36.4 Å². The topological polar surface area (TPSA) is 30.7 Å². The summed E-state index contributed by atoms with van der Waals surface area (Å²) in [4.78, 5) is 10.1. The van der Waals surface area contributed by atoms with Crippen molar-refractivity contribution < 1.29 is 0 Å². The van der Waals surface area contributed by atoms with E-state index in [1.165, 1.54) is 43.4 Å². The van der Waals surface area contributed by atoms with Crippen LogP contribution in [0.5, 0.6) is 0 Å². The van der Waals surface area contributed by atoms with Crippen LogP contribution in [0.4, 0.5) is 0 Å². The van der Waals surface area contributed by atoms with Crippen LogP contribution in [0.2, 0.25) is 0 Å². The van der Waals surface area contributed by atoms with E-state index in [0.717, 1.165) is 44.9 Å². The normalized spacial score (nSPS) is 11.5. The molecule has 0 aliphatic carbocycles. The molecule has 2 aromatic heterocycles. The van der Waals surface area contributed by atoms with Crippen LogP contribution >= 0.6 is 0 Å². The third-order valence-electron chi connectivity index (χ3n) is 9.99. The third-order valence-corrected chi connectivity index (χ3v) is 9.99. The molecule has 238 valence electrons. The predicted octanol–water partition coefficient (Wildman–Crippen LogP) is 12.5. The maximum Gasteiger partial charge on any atom is 0.160 e. The Hall–Kier alpha value is -6.84. The highest BCUT2D eigenvalue weighted by Crippen LogP contribution is 2.41. The number of benzene rings is 8. The lowest BCUT2D eigenvalue weighted by Crippen LogP contribution is -1.96. The van der Waals surface area contributed by atoms with Gasteiger partial charge in [-0.05, 0) is 63.0 Å².